The highest BCUT2D eigenvalue weighted by atomic mass is 16.5. The highest BCUT2D eigenvalue weighted by Gasteiger charge is 2.32. The van der Waals surface area contributed by atoms with E-state index in [-0.39, 0.29) is 23.2 Å². The molecule has 1 saturated heterocycles. The summed E-state index contributed by atoms with van der Waals surface area (Å²) in [6, 6.07) is 7.70. The minimum atomic E-state index is -0.254. The smallest absolute Gasteiger partial charge is 0.252 e. The summed E-state index contributed by atoms with van der Waals surface area (Å²) in [7, 11) is 0. The second-order valence-electron chi connectivity index (χ2n) is 10.3. The minimum Gasteiger partial charge on any atom is -0.494 e. The maximum Gasteiger partial charge on any atom is 0.252 e. The van der Waals surface area contributed by atoms with Gasteiger partial charge < -0.3 is 14.5 Å². The lowest BCUT2D eigenvalue weighted by atomic mass is 10.0. The SMILES string of the molecule is CCCC(c1nnnn1C(C)(C)C)N(Cc1cc2cc(OCC)ccc2[nH]c1=O)CC1CCCO1. The molecule has 2 atom stereocenters. The van der Waals surface area contributed by atoms with Gasteiger partial charge in [-0.05, 0) is 81.6 Å². The van der Waals surface area contributed by atoms with Crippen LogP contribution >= 0.6 is 0 Å². The summed E-state index contributed by atoms with van der Waals surface area (Å²) in [5, 5.41) is 13.7. The van der Waals surface area contributed by atoms with Gasteiger partial charge in [0.25, 0.3) is 5.56 Å². The molecule has 0 radical (unpaired) electrons. The Hall–Kier alpha value is -2.78. The molecule has 2 aromatic heterocycles. The van der Waals surface area contributed by atoms with Crippen molar-refractivity contribution in [3.8, 4) is 5.75 Å². The number of hydrogen-bond acceptors (Lipinski definition) is 7. The molecule has 0 aliphatic carbocycles. The number of benzene rings is 1. The van der Waals surface area contributed by atoms with Crippen molar-refractivity contribution in [1.82, 2.24) is 30.1 Å². The van der Waals surface area contributed by atoms with Crippen LogP contribution in [0.1, 0.15) is 77.7 Å². The lowest BCUT2D eigenvalue weighted by Gasteiger charge is -2.34. The number of nitrogens with one attached hydrogen (secondary N) is 1. The molecule has 9 nitrogen and oxygen atoms in total. The molecular formula is C26H38N6O3. The van der Waals surface area contributed by atoms with Gasteiger partial charge in [0.2, 0.25) is 0 Å². The van der Waals surface area contributed by atoms with Crippen molar-refractivity contribution in [2.45, 2.75) is 84.5 Å². The van der Waals surface area contributed by atoms with Crippen LogP contribution in [0.3, 0.4) is 0 Å². The summed E-state index contributed by atoms with van der Waals surface area (Å²) >= 11 is 0. The van der Waals surface area contributed by atoms with E-state index in [0.717, 1.165) is 61.3 Å². The highest BCUT2D eigenvalue weighted by Crippen LogP contribution is 2.30. The van der Waals surface area contributed by atoms with Gasteiger partial charge in [-0.1, -0.05) is 13.3 Å². The molecule has 0 bridgehead atoms. The third kappa shape index (κ3) is 5.90. The Morgan fingerprint density at radius 3 is 2.80 bits per heavy atom. The van der Waals surface area contributed by atoms with E-state index < -0.39 is 0 Å². The fourth-order valence-corrected chi connectivity index (χ4v) is 4.80. The van der Waals surface area contributed by atoms with Gasteiger partial charge in [-0.15, -0.1) is 5.10 Å². The molecule has 4 rings (SSSR count). The van der Waals surface area contributed by atoms with Gasteiger partial charge in [0, 0.05) is 36.2 Å². The third-order valence-electron chi connectivity index (χ3n) is 6.47. The number of pyridine rings is 1. The molecule has 0 spiro atoms. The van der Waals surface area contributed by atoms with Gasteiger partial charge in [0.15, 0.2) is 5.82 Å². The zero-order valence-electron chi connectivity index (χ0n) is 21.6. The third-order valence-corrected chi connectivity index (χ3v) is 6.47. The second-order valence-corrected chi connectivity index (χ2v) is 10.3. The Kier molecular flexibility index (Phi) is 7.86. The van der Waals surface area contributed by atoms with Gasteiger partial charge >= 0.3 is 0 Å². The summed E-state index contributed by atoms with van der Waals surface area (Å²) in [5.41, 5.74) is 1.18. The number of rotatable bonds is 10. The number of tetrazole rings is 1. The van der Waals surface area contributed by atoms with Crippen LogP contribution in [0, 0.1) is 0 Å². The molecule has 35 heavy (non-hydrogen) atoms. The molecule has 3 aromatic rings. The highest BCUT2D eigenvalue weighted by molar-refractivity contribution is 5.80. The van der Waals surface area contributed by atoms with Crippen molar-refractivity contribution < 1.29 is 9.47 Å². The lowest BCUT2D eigenvalue weighted by molar-refractivity contribution is 0.0465. The molecule has 1 aliphatic heterocycles. The maximum atomic E-state index is 13.1. The van der Waals surface area contributed by atoms with E-state index in [4.69, 9.17) is 9.47 Å². The Morgan fingerprint density at radius 2 is 2.11 bits per heavy atom. The summed E-state index contributed by atoms with van der Waals surface area (Å²) in [6.07, 6.45) is 4.06. The number of nitrogens with zero attached hydrogens (tertiary/aromatic N) is 5. The normalized spacial score (nSPS) is 17.4. The number of aromatic amines is 1. The van der Waals surface area contributed by atoms with Crippen LogP contribution in [0.15, 0.2) is 29.1 Å². The van der Waals surface area contributed by atoms with Gasteiger partial charge in [-0.3, -0.25) is 9.69 Å². The number of hydrogen-bond donors (Lipinski definition) is 1. The molecule has 190 valence electrons. The van der Waals surface area contributed by atoms with Crippen molar-refractivity contribution in [2.24, 2.45) is 0 Å². The molecule has 0 saturated carbocycles. The number of ether oxygens (including phenoxy) is 2. The molecule has 1 aliphatic rings. The quantitative estimate of drug-likeness (QED) is 0.463. The maximum absolute atomic E-state index is 13.1. The van der Waals surface area contributed by atoms with Gasteiger partial charge in [0.1, 0.15) is 5.75 Å². The average Bonchev–Trinajstić information content (AvgIpc) is 3.50. The van der Waals surface area contributed by atoms with E-state index >= 15 is 0 Å². The molecule has 1 aromatic carbocycles. The van der Waals surface area contributed by atoms with E-state index in [1.54, 1.807) is 0 Å². The zero-order valence-corrected chi connectivity index (χ0v) is 21.6. The number of aromatic nitrogens is 5. The van der Waals surface area contributed by atoms with Gasteiger partial charge in [-0.25, -0.2) is 4.68 Å². The monoisotopic (exact) mass is 482 g/mol. The van der Waals surface area contributed by atoms with Gasteiger partial charge in [0.05, 0.1) is 24.3 Å². The first-order valence-electron chi connectivity index (χ1n) is 12.7. The van der Waals surface area contributed by atoms with Crippen LogP contribution < -0.4 is 10.3 Å². The first-order chi connectivity index (χ1) is 16.8. The Bertz CT molecular complexity index is 1180. The fourth-order valence-electron chi connectivity index (χ4n) is 4.80. The van der Waals surface area contributed by atoms with Crippen LogP contribution in [0.25, 0.3) is 10.9 Å². The number of fused-ring (bicyclic) bond motifs is 1. The molecule has 1 N–H and O–H groups in total. The van der Waals surface area contributed by atoms with E-state index in [9.17, 15) is 4.79 Å². The molecule has 3 heterocycles. The van der Waals surface area contributed by atoms with Crippen LogP contribution in [-0.2, 0) is 16.8 Å². The standard InChI is InChI=1S/C26H38N6O3/c1-6-9-23(24-28-29-30-32(24)26(3,4)5)31(17-21-10-8-13-35-21)16-19-14-18-15-20(34-7-2)11-12-22(18)27-25(19)33/h11-12,14-15,21,23H,6-10,13,16-17H2,1-5H3,(H,27,33). The van der Waals surface area contributed by atoms with Crippen LogP contribution in [0.4, 0.5) is 0 Å². The molecule has 0 amide bonds. The van der Waals surface area contributed by atoms with Crippen molar-refractivity contribution in [3.63, 3.8) is 0 Å². The van der Waals surface area contributed by atoms with E-state index in [1.165, 1.54) is 0 Å². The zero-order chi connectivity index (χ0) is 25.0. The Morgan fingerprint density at radius 1 is 1.29 bits per heavy atom. The van der Waals surface area contributed by atoms with Crippen LogP contribution in [0.5, 0.6) is 5.75 Å². The average molecular weight is 483 g/mol. The first-order valence-corrected chi connectivity index (χ1v) is 12.7. The van der Waals surface area contributed by atoms with Crippen molar-refractivity contribution in [2.75, 3.05) is 19.8 Å². The van der Waals surface area contributed by atoms with E-state index in [2.05, 4.69) is 53.1 Å². The predicted octanol–water partition coefficient (Wildman–Crippen LogP) is 4.19. The predicted molar refractivity (Wildman–Crippen MR) is 136 cm³/mol. The fraction of sp³-hybridized carbons (Fsp3) is 0.615. The van der Waals surface area contributed by atoms with Crippen molar-refractivity contribution in [3.05, 3.63) is 46.0 Å². The van der Waals surface area contributed by atoms with Crippen LogP contribution in [0.2, 0.25) is 0 Å². The lowest BCUT2D eigenvalue weighted by Crippen LogP contribution is -2.39. The van der Waals surface area contributed by atoms with Crippen molar-refractivity contribution >= 4 is 10.9 Å². The summed E-state index contributed by atoms with van der Waals surface area (Å²) in [6.45, 7) is 13.0. The van der Waals surface area contributed by atoms with Crippen molar-refractivity contribution in [1.29, 1.82) is 0 Å². The Labute approximate surface area is 206 Å². The molecule has 2 unspecified atom stereocenters. The van der Waals surface area contributed by atoms with Crippen LogP contribution in [-0.4, -0.2) is 56.0 Å². The largest absolute Gasteiger partial charge is 0.494 e. The van der Waals surface area contributed by atoms with Gasteiger partial charge in [-0.2, -0.15) is 0 Å². The summed E-state index contributed by atoms with van der Waals surface area (Å²) in [5.74, 6) is 1.62. The first kappa shape index (κ1) is 25.3. The second kappa shape index (κ2) is 10.9. The number of H-pyrrole nitrogens is 1. The summed E-state index contributed by atoms with van der Waals surface area (Å²) < 4.78 is 13.6. The molecule has 1 fully saturated rings. The molecule has 9 heteroatoms. The Balaban J connectivity index is 1.73. The minimum absolute atomic E-state index is 0.0386. The van der Waals surface area contributed by atoms with E-state index in [1.807, 2.05) is 35.9 Å². The summed E-state index contributed by atoms with van der Waals surface area (Å²) in [4.78, 5) is 18.5. The topological polar surface area (TPSA) is 98.2 Å². The molecular weight excluding hydrogens is 444 g/mol. The van der Waals surface area contributed by atoms with E-state index in [0.29, 0.717) is 18.7 Å².